The summed E-state index contributed by atoms with van der Waals surface area (Å²) in [5.41, 5.74) is 1.39. The fourth-order valence-electron chi connectivity index (χ4n) is 2.11. The second-order valence-corrected chi connectivity index (χ2v) is 5.48. The van der Waals surface area contributed by atoms with Crippen LogP contribution in [-0.2, 0) is 19.3 Å². The van der Waals surface area contributed by atoms with E-state index in [0.29, 0.717) is 6.04 Å². The highest BCUT2D eigenvalue weighted by Crippen LogP contribution is 2.27. The second kappa shape index (κ2) is 5.08. The summed E-state index contributed by atoms with van der Waals surface area (Å²) in [6.07, 6.45) is 7.34. The Morgan fingerprint density at radius 1 is 1.53 bits per heavy atom. The maximum Gasteiger partial charge on any atom is 0.0931 e. The number of thiazole rings is 1. The number of nitrogens with one attached hydrogen (secondary N) is 1. The first-order valence-electron chi connectivity index (χ1n) is 5.98. The predicted octanol–water partition coefficient (Wildman–Crippen LogP) is 2.56. The third-order valence-corrected chi connectivity index (χ3v) is 4.32. The Balaban J connectivity index is 2.04. The molecule has 0 spiro atoms. The first-order valence-corrected chi connectivity index (χ1v) is 6.79. The molecule has 1 N–H and O–H groups in total. The molecule has 1 aromatic heterocycles. The largest absolute Gasteiger partial charge is 0.317 e. The predicted molar refractivity (Wildman–Crippen MR) is 65.6 cm³/mol. The molecule has 3 heteroatoms. The Morgan fingerprint density at radius 2 is 2.40 bits per heavy atom. The van der Waals surface area contributed by atoms with Crippen molar-refractivity contribution in [1.29, 1.82) is 0 Å². The van der Waals surface area contributed by atoms with Crippen molar-refractivity contribution in [2.75, 3.05) is 7.05 Å². The average Bonchev–Trinajstić information content (AvgIpc) is 2.67. The van der Waals surface area contributed by atoms with Gasteiger partial charge in [-0.25, -0.2) is 4.98 Å². The van der Waals surface area contributed by atoms with Crippen LogP contribution in [0.2, 0.25) is 0 Å². The van der Waals surface area contributed by atoms with Gasteiger partial charge in [0.05, 0.1) is 10.7 Å². The molecular formula is C12H20N2S. The van der Waals surface area contributed by atoms with Crippen molar-refractivity contribution >= 4 is 11.3 Å². The monoisotopic (exact) mass is 224 g/mol. The summed E-state index contributed by atoms with van der Waals surface area (Å²) in [6, 6.07) is 0.678. The minimum atomic E-state index is 0.678. The van der Waals surface area contributed by atoms with E-state index in [2.05, 4.69) is 19.3 Å². The lowest BCUT2D eigenvalue weighted by atomic mass is 9.98. The summed E-state index contributed by atoms with van der Waals surface area (Å²) in [5.74, 6) is 0. The van der Waals surface area contributed by atoms with Crippen molar-refractivity contribution in [2.24, 2.45) is 0 Å². The number of fused-ring (bicyclic) bond motifs is 1. The molecule has 1 atom stereocenters. The lowest BCUT2D eigenvalue weighted by molar-refractivity contribution is 0.496. The molecule has 0 bridgehead atoms. The van der Waals surface area contributed by atoms with Crippen LogP contribution in [0.1, 0.15) is 41.8 Å². The maximum absolute atomic E-state index is 4.75. The number of nitrogens with zero attached hydrogens (tertiary/aromatic N) is 1. The number of aromatic nitrogens is 1. The molecule has 0 amide bonds. The van der Waals surface area contributed by atoms with Gasteiger partial charge in [0.25, 0.3) is 0 Å². The number of aryl methyl sites for hydroxylation is 2. The molecule has 1 aliphatic rings. The van der Waals surface area contributed by atoms with E-state index in [1.165, 1.54) is 54.1 Å². The van der Waals surface area contributed by atoms with Crippen LogP contribution < -0.4 is 5.32 Å². The Bertz CT molecular complexity index is 319. The summed E-state index contributed by atoms with van der Waals surface area (Å²) in [7, 11) is 2.06. The molecule has 84 valence electrons. The van der Waals surface area contributed by atoms with Gasteiger partial charge in [-0.3, -0.25) is 0 Å². The fraction of sp³-hybridized carbons (Fsp3) is 0.750. The Kier molecular flexibility index (Phi) is 3.76. The molecule has 2 nitrogen and oxygen atoms in total. The van der Waals surface area contributed by atoms with Crippen LogP contribution in [0.5, 0.6) is 0 Å². The van der Waals surface area contributed by atoms with Crippen molar-refractivity contribution in [3.05, 3.63) is 15.6 Å². The van der Waals surface area contributed by atoms with E-state index in [4.69, 9.17) is 4.98 Å². The number of likely N-dealkylation sites (N-methyl/N-ethyl adjacent to an activating group) is 1. The third kappa shape index (κ3) is 2.58. The molecule has 1 aliphatic carbocycles. The van der Waals surface area contributed by atoms with Crippen LogP contribution in [0, 0.1) is 0 Å². The van der Waals surface area contributed by atoms with Crippen molar-refractivity contribution < 1.29 is 0 Å². The summed E-state index contributed by atoms with van der Waals surface area (Å²) in [6.45, 7) is 2.24. The highest BCUT2D eigenvalue weighted by molar-refractivity contribution is 7.11. The molecule has 15 heavy (non-hydrogen) atoms. The van der Waals surface area contributed by atoms with Crippen molar-refractivity contribution in [3.8, 4) is 0 Å². The van der Waals surface area contributed by atoms with Gasteiger partial charge < -0.3 is 5.32 Å². The van der Waals surface area contributed by atoms with Crippen molar-refractivity contribution in [2.45, 2.75) is 51.5 Å². The van der Waals surface area contributed by atoms with Gasteiger partial charge in [0.15, 0.2) is 0 Å². The van der Waals surface area contributed by atoms with Crippen molar-refractivity contribution in [3.63, 3.8) is 0 Å². The van der Waals surface area contributed by atoms with E-state index in [1.807, 2.05) is 11.3 Å². The van der Waals surface area contributed by atoms with Gasteiger partial charge in [-0.05, 0) is 39.2 Å². The molecule has 0 fully saturated rings. The Labute approximate surface area is 96.1 Å². The van der Waals surface area contributed by atoms with E-state index in [0.717, 1.165) is 0 Å². The van der Waals surface area contributed by atoms with Crippen LogP contribution in [0.4, 0.5) is 0 Å². The van der Waals surface area contributed by atoms with Crippen molar-refractivity contribution in [1.82, 2.24) is 10.3 Å². The van der Waals surface area contributed by atoms with E-state index in [9.17, 15) is 0 Å². The van der Waals surface area contributed by atoms with Gasteiger partial charge in [0.1, 0.15) is 0 Å². The zero-order chi connectivity index (χ0) is 10.7. The highest BCUT2D eigenvalue weighted by Gasteiger charge is 2.20. The molecule has 2 rings (SSSR count). The quantitative estimate of drug-likeness (QED) is 0.850. The van der Waals surface area contributed by atoms with Gasteiger partial charge in [0.2, 0.25) is 0 Å². The molecule has 1 heterocycles. The fourth-order valence-corrected chi connectivity index (χ4v) is 3.35. The molecule has 0 saturated heterocycles. The van der Waals surface area contributed by atoms with E-state index < -0.39 is 0 Å². The minimum Gasteiger partial charge on any atom is -0.317 e. The standard InChI is InChI=1S/C12H20N2S/c1-3-4-5-12-14-10-7-6-9(13-2)8-11(10)15-12/h9,13H,3-8H2,1-2H3/t9-/m1/s1. The number of hydrogen-bond acceptors (Lipinski definition) is 3. The first-order chi connectivity index (χ1) is 7.33. The van der Waals surface area contributed by atoms with Gasteiger partial charge >= 0.3 is 0 Å². The van der Waals surface area contributed by atoms with Gasteiger partial charge in [-0.15, -0.1) is 11.3 Å². The lowest BCUT2D eigenvalue weighted by Crippen LogP contribution is -2.30. The van der Waals surface area contributed by atoms with Gasteiger partial charge in [-0.2, -0.15) is 0 Å². The highest BCUT2D eigenvalue weighted by atomic mass is 32.1. The SMILES string of the molecule is CCCCc1nc2c(s1)C[C@H](NC)CC2. The van der Waals surface area contributed by atoms with Crippen LogP contribution >= 0.6 is 11.3 Å². The minimum absolute atomic E-state index is 0.678. The molecule has 0 saturated carbocycles. The zero-order valence-corrected chi connectivity index (χ0v) is 10.5. The summed E-state index contributed by atoms with van der Waals surface area (Å²) < 4.78 is 0. The van der Waals surface area contributed by atoms with E-state index >= 15 is 0 Å². The maximum atomic E-state index is 4.75. The topological polar surface area (TPSA) is 24.9 Å². The molecule has 0 radical (unpaired) electrons. The van der Waals surface area contributed by atoms with Crippen LogP contribution in [0.15, 0.2) is 0 Å². The van der Waals surface area contributed by atoms with Crippen LogP contribution in [0.25, 0.3) is 0 Å². The second-order valence-electron chi connectivity index (χ2n) is 4.31. The molecule has 0 unspecified atom stereocenters. The van der Waals surface area contributed by atoms with Gasteiger partial charge in [-0.1, -0.05) is 13.3 Å². The van der Waals surface area contributed by atoms with Crippen LogP contribution in [0.3, 0.4) is 0 Å². The summed E-state index contributed by atoms with van der Waals surface area (Å²) >= 11 is 1.94. The average molecular weight is 224 g/mol. The Morgan fingerprint density at radius 3 is 3.13 bits per heavy atom. The lowest BCUT2D eigenvalue weighted by Gasteiger charge is -2.19. The van der Waals surface area contributed by atoms with Gasteiger partial charge in [0, 0.05) is 10.9 Å². The zero-order valence-electron chi connectivity index (χ0n) is 9.68. The summed E-state index contributed by atoms with van der Waals surface area (Å²) in [4.78, 5) is 6.28. The van der Waals surface area contributed by atoms with E-state index in [1.54, 1.807) is 0 Å². The Hall–Kier alpha value is -0.410. The molecule has 0 aromatic carbocycles. The normalized spacial score (nSPS) is 20.3. The first kappa shape index (κ1) is 11.1. The number of rotatable bonds is 4. The van der Waals surface area contributed by atoms with E-state index in [-0.39, 0.29) is 0 Å². The smallest absolute Gasteiger partial charge is 0.0931 e. The third-order valence-electron chi connectivity index (χ3n) is 3.14. The molecule has 1 aromatic rings. The van der Waals surface area contributed by atoms with Crippen LogP contribution in [-0.4, -0.2) is 18.1 Å². The summed E-state index contributed by atoms with van der Waals surface area (Å²) in [5, 5.41) is 4.74. The molecular weight excluding hydrogens is 204 g/mol. The molecule has 0 aliphatic heterocycles. The number of unbranched alkanes of at least 4 members (excludes halogenated alkanes) is 1. The number of hydrogen-bond donors (Lipinski definition) is 1.